The quantitative estimate of drug-likeness (QED) is 0.454. The zero-order valence-electron chi connectivity index (χ0n) is 8.40. The topological polar surface area (TPSA) is 66.8 Å². The van der Waals surface area contributed by atoms with E-state index in [1.165, 1.54) is 12.0 Å². The number of carbonyl (C=O) groups is 2. The summed E-state index contributed by atoms with van der Waals surface area (Å²) in [5.41, 5.74) is 0. The molecule has 80 valence electrons. The molecule has 1 rings (SSSR count). The van der Waals surface area contributed by atoms with Crippen LogP contribution in [0.2, 0.25) is 0 Å². The van der Waals surface area contributed by atoms with Crippen LogP contribution < -0.4 is 0 Å². The number of esters is 1. The van der Waals surface area contributed by atoms with Gasteiger partial charge in [-0.05, 0) is 12.3 Å². The number of methoxy groups -OCH3 is 1. The van der Waals surface area contributed by atoms with Crippen molar-refractivity contribution in [3.05, 3.63) is 0 Å². The van der Waals surface area contributed by atoms with E-state index in [4.69, 9.17) is 5.11 Å². The SMILES string of the molecule is COC(=O)C(=O)N1CCC(C)C1CO. The van der Waals surface area contributed by atoms with Gasteiger partial charge >= 0.3 is 11.9 Å². The Kier molecular flexibility index (Phi) is 3.46. The van der Waals surface area contributed by atoms with E-state index in [0.29, 0.717) is 6.54 Å². The number of ether oxygens (including phenoxy) is 1. The molecule has 5 heteroatoms. The highest BCUT2D eigenvalue weighted by atomic mass is 16.5. The van der Waals surface area contributed by atoms with Crippen molar-refractivity contribution in [1.29, 1.82) is 0 Å². The molecule has 0 bridgehead atoms. The van der Waals surface area contributed by atoms with Crippen LogP contribution in [0.5, 0.6) is 0 Å². The van der Waals surface area contributed by atoms with Gasteiger partial charge in [0.2, 0.25) is 0 Å². The molecule has 0 aromatic heterocycles. The maximum atomic E-state index is 11.4. The predicted octanol–water partition coefficient (Wildman–Crippen LogP) is -0.611. The lowest BCUT2D eigenvalue weighted by Gasteiger charge is -2.23. The molecule has 0 radical (unpaired) electrons. The van der Waals surface area contributed by atoms with Crippen LogP contribution in [0.4, 0.5) is 0 Å². The highest BCUT2D eigenvalue weighted by Gasteiger charge is 2.36. The monoisotopic (exact) mass is 201 g/mol. The lowest BCUT2D eigenvalue weighted by molar-refractivity contribution is -0.159. The van der Waals surface area contributed by atoms with Gasteiger partial charge in [-0.25, -0.2) is 4.79 Å². The molecule has 1 saturated heterocycles. The number of nitrogens with zero attached hydrogens (tertiary/aromatic N) is 1. The van der Waals surface area contributed by atoms with E-state index in [9.17, 15) is 9.59 Å². The van der Waals surface area contributed by atoms with Crippen molar-refractivity contribution in [2.45, 2.75) is 19.4 Å². The zero-order valence-corrected chi connectivity index (χ0v) is 8.40. The average Bonchev–Trinajstić information content (AvgIpc) is 2.57. The summed E-state index contributed by atoms with van der Waals surface area (Å²) in [6.07, 6.45) is 0.813. The first-order valence-corrected chi connectivity index (χ1v) is 4.61. The number of likely N-dealkylation sites (tertiary alicyclic amines) is 1. The number of carbonyl (C=O) groups excluding carboxylic acids is 2. The second-order valence-electron chi connectivity index (χ2n) is 3.51. The molecule has 0 aromatic rings. The molecule has 1 fully saturated rings. The Labute approximate surface area is 82.6 Å². The molecule has 0 aromatic carbocycles. The van der Waals surface area contributed by atoms with Gasteiger partial charge in [-0.3, -0.25) is 4.79 Å². The number of aliphatic hydroxyl groups is 1. The van der Waals surface area contributed by atoms with E-state index in [2.05, 4.69) is 4.74 Å². The van der Waals surface area contributed by atoms with Crippen LogP contribution in [-0.4, -0.2) is 48.2 Å². The third-order valence-electron chi connectivity index (χ3n) is 2.69. The molecule has 0 spiro atoms. The van der Waals surface area contributed by atoms with Crippen molar-refractivity contribution in [2.75, 3.05) is 20.3 Å². The van der Waals surface area contributed by atoms with Gasteiger partial charge in [-0.2, -0.15) is 0 Å². The standard InChI is InChI=1S/C9H15NO4/c1-6-3-4-10(7(6)5-11)8(12)9(13)14-2/h6-7,11H,3-5H2,1-2H3. The molecule has 0 saturated carbocycles. The Bertz CT molecular complexity index is 241. The van der Waals surface area contributed by atoms with Crippen LogP contribution in [0, 0.1) is 5.92 Å². The Morgan fingerprint density at radius 1 is 1.57 bits per heavy atom. The Morgan fingerprint density at radius 2 is 2.21 bits per heavy atom. The summed E-state index contributed by atoms with van der Waals surface area (Å²) in [5, 5.41) is 9.06. The summed E-state index contributed by atoms with van der Waals surface area (Å²) in [6.45, 7) is 2.36. The minimum atomic E-state index is -0.863. The van der Waals surface area contributed by atoms with Gasteiger partial charge in [-0.1, -0.05) is 6.92 Å². The van der Waals surface area contributed by atoms with Gasteiger partial charge in [0.05, 0.1) is 19.8 Å². The van der Waals surface area contributed by atoms with Crippen molar-refractivity contribution < 1.29 is 19.4 Å². The summed E-state index contributed by atoms with van der Waals surface area (Å²) in [5.74, 6) is -1.29. The predicted molar refractivity (Wildman–Crippen MR) is 48.4 cm³/mol. The summed E-state index contributed by atoms with van der Waals surface area (Å²) in [7, 11) is 1.17. The summed E-state index contributed by atoms with van der Waals surface area (Å²) >= 11 is 0. The van der Waals surface area contributed by atoms with E-state index < -0.39 is 11.9 Å². The Balaban J connectivity index is 2.68. The minimum absolute atomic E-state index is 0.107. The molecule has 1 aliphatic rings. The Hall–Kier alpha value is -1.10. The lowest BCUT2D eigenvalue weighted by atomic mass is 10.0. The second kappa shape index (κ2) is 4.41. The van der Waals surface area contributed by atoms with Gasteiger partial charge in [-0.15, -0.1) is 0 Å². The van der Waals surface area contributed by atoms with Gasteiger partial charge in [0, 0.05) is 6.54 Å². The summed E-state index contributed by atoms with van der Waals surface area (Å²) in [6, 6.07) is -0.249. The largest absolute Gasteiger partial charge is 0.462 e. The third-order valence-corrected chi connectivity index (χ3v) is 2.69. The first-order chi connectivity index (χ1) is 6.61. The zero-order chi connectivity index (χ0) is 10.7. The normalized spacial score (nSPS) is 26.4. The fourth-order valence-electron chi connectivity index (χ4n) is 1.74. The molecule has 1 N–H and O–H groups in total. The molecule has 1 amide bonds. The molecule has 1 heterocycles. The number of aliphatic hydroxyl groups excluding tert-OH is 1. The number of amides is 1. The number of rotatable bonds is 1. The van der Waals surface area contributed by atoms with Crippen molar-refractivity contribution in [2.24, 2.45) is 5.92 Å². The van der Waals surface area contributed by atoms with Crippen LogP contribution in [0.15, 0.2) is 0 Å². The van der Waals surface area contributed by atoms with E-state index in [1.807, 2.05) is 6.92 Å². The van der Waals surface area contributed by atoms with Gasteiger partial charge in [0.15, 0.2) is 0 Å². The van der Waals surface area contributed by atoms with Gasteiger partial charge in [0.25, 0.3) is 0 Å². The van der Waals surface area contributed by atoms with Crippen LogP contribution in [0.3, 0.4) is 0 Å². The van der Waals surface area contributed by atoms with Gasteiger partial charge in [0.1, 0.15) is 0 Å². The van der Waals surface area contributed by atoms with Crippen molar-refractivity contribution >= 4 is 11.9 Å². The van der Waals surface area contributed by atoms with Gasteiger partial charge < -0.3 is 14.7 Å². The van der Waals surface area contributed by atoms with Crippen molar-refractivity contribution in [3.63, 3.8) is 0 Å². The number of hydrogen-bond donors (Lipinski definition) is 1. The molecule has 2 atom stereocenters. The molecule has 5 nitrogen and oxygen atoms in total. The van der Waals surface area contributed by atoms with E-state index in [1.54, 1.807) is 0 Å². The third kappa shape index (κ3) is 1.87. The van der Waals surface area contributed by atoms with E-state index in [0.717, 1.165) is 6.42 Å². The number of hydrogen-bond acceptors (Lipinski definition) is 4. The maximum absolute atomic E-state index is 11.4. The fourth-order valence-corrected chi connectivity index (χ4v) is 1.74. The van der Waals surface area contributed by atoms with Crippen molar-refractivity contribution in [1.82, 2.24) is 4.90 Å². The molecule has 0 aliphatic carbocycles. The van der Waals surface area contributed by atoms with Crippen LogP contribution in [-0.2, 0) is 14.3 Å². The maximum Gasteiger partial charge on any atom is 0.396 e. The summed E-state index contributed by atoms with van der Waals surface area (Å²) < 4.78 is 4.34. The highest BCUT2D eigenvalue weighted by Crippen LogP contribution is 2.23. The highest BCUT2D eigenvalue weighted by molar-refractivity contribution is 6.32. The van der Waals surface area contributed by atoms with Crippen molar-refractivity contribution in [3.8, 4) is 0 Å². The first-order valence-electron chi connectivity index (χ1n) is 4.61. The van der Waals surface area contributed by atoms with E-state index in [-0.39, 0.29) is 18.6 Å². The first kappa shape index (κ1) is 11.0. The van der Waals surface area contributed by atoms with Crippen LogP contribution >= 0.6 is 0 Å². The smallest absolute Gasteiger partial charge is 0.396 e. The molecule has 1 aliphatic heterocycles. The molecular weight excluding hydrogens is 186 g/mol. The fraction of sp³-hybridized carbons (Fsp3) is 0.778. The molecule has 14 heavy (non-hydrogen) atoms. The minimum Gasteiger partial charge on any atom is -0.462 e. The molecular formula is C9H15NO4. The summed E-state index contributed by atoms with van der Waals surface area (Å²) in [4.78, 5) is 23.8. The Morgan fingerprint density at radius 3 is 2.71 bits per heavy atom. The lowest BCUT2D eigenvalue weighted by Crippen LogP contribution is -2.43. The molecule has 2 unspecified atom stereocenters. The second-order valence-corrected chi connectivity index (χ2v) is 3.51. The van der Waals surface area contributed by atoms with Crippen LogP contribution in [0.1, 0.15) is 13.3 Å². The van der Waals surface area contributed by atoms with E-state index >= 15 is 0 Å². The average molecular weight is 201 g/mol. The van der Waals surface area contributed by atoms with Crippen LogP contribution in [0.25, 0.3) is 0 Å².